The summed E-state index contributed by atoms with van der Waals surface area (Å²) in [7, 11) is -4.02. The average Bonchev–Trinajstić information content (AvgIpc) is 2.13. The Morgan fingerprint density at radius 2 is 1.75 bits per heavy atom. The third-order valence-electron chi connectivity index (χ3n) is 1.57. The fourth-order valence-electron chi connectivity index (χ4n) is 0.550. The van der Waals surface area contributed by atoms with Crippen molar-refractivity contribution in [1.82, 2.24) is 8.75 Å². The van der Waals surface area contributed by atoms with Crippen LogP contribution >= 0.6 is 18.8 Å². The smallest absolute Gasteiger partial charge is 0.338 e. The summed E-state index contributed by atoms with van der Waals surface area (Å²) in [6.07, 6.45) is 0. The standard InChI is InChI=1S/C4H8F3N2O3PS3/c1-8(3-14)13(10,15)9(2)16(11,12)4(5,6)7/h3H,1-2H3,(H,10,15). The Hall–Kier alpha value is 0.200. The number of rotatable bonds is 4. The maximum Gasteiger partial charge on any atom is 0.512 e. The first kappa shape index (κ1) is 16.2. The molecule has 0 aliphatic heterocycles. The van der Waals surface area contributed by atoms with Gasteiger partial charge >= 0.3 is 15.5 Å². The van der Waals surface area contributed by atoms with Gasteiger partial charge in [-0.05, 0) is 11.8 Å². The van der Waals surface area contributed by atoms with Crippen LogP contribution in [0.3, 0.4) is 0 Å². The second-order valence-corrected chi connectivity index (χ2v) is 8.75. The predicted molar refractivity (Wildman–Crippen MR) is 60.7 cm³/mol. The fourth-order valence-corrected chi connectivity index (χ4v) is 4.62. The second kappa shape index (κ2) is 4.83. The van der Waals surface area contributed by atoms with E-state index in [0.29, 0.717) is 11.7 Å². The predicted octanol–water partition coefficient (Wildman–Crippen LogP) is 0.874. The molecule has 0 bridgehead atoms. The summed E-state index contributed by atoms with van der Waals surface area (Å²) in [6, 6.07) is 0. The summed E-state index contributed by atoms with van der Waals surface area (Å²) in [5.74, 6) is 0. The Morgan fingerprint density at radius 1 is 1.38 bits per heavy atom. The zero-order valence-electron chi connectivity index (χ0n) is 8.04. The van der Waals surface area contributed by atoms with Crippen LogP contribution in [0.1, 0.15) is 0 Å². The Balaban J connectivity index is 5.48. The SMILES string of the molecule is CN(C=S)P(O)(=S)N(C)S(=O)(=O)C(F)(F)F. The van der Waals surface area contributed by atoms with E-state index in [1.807, 2.05) is 0 Å². The molecule has 0 aromatic heterocycles. The van der Waals surface area contributed by atoms with Crippen molar-refractivity contribution in [3.63, 3.8) is 0 Å². The van der Waals surface area contributed by atoms with Crippen molar-refractivity contribution in [2.24, 2.45) is 0 Å². The van der Waals surface area contributed by atoms with Crippen LogP contribution in [0.15, 0.2) is 0 Å². The molecule has 0 aliphatic carbocycles. The number of sulfonamides is 1. The van der Waals surface area contributed by atoms with Crippen LogP contribution < -0.4 is 0 Å². The molecule has 0 rings (SSSR count). The van der Waals surface area contributed by atoms with E-state index in [4.69, 9.17) is 0 Å². The van der Waals surface area contributed by atoms with Gasteiger partial charge in [-0.2, -0.15) is 13.2 Å². The van der Waals surface area contributed by atoms with Gasteiger partial charge in [0.25, 0.3) is 0 Å². The lowest BCUT2D eigenvalue weighted by Crippen LogP contribution is -2.38. The summed E-state index contributed by atoms with van der Waals surface area (Å²) in [5.41, 5.74) is -4.74. The minimum absolute atomic E-state index is 0.280. The zero-order valence-corrected chi connectivity index (χ0v) is 11.4. The Labute approximate surface area is 101 Å². The number of hydrogen-bond donors (Lipinski definition) is 1. The molecule has 0 fully saturated rings. The molecule has 0 saturated heterocycles. The van der Waals surface area contributed by atoms with Gasteiger partial charge in [-0.25, -0.2) is 8.42 Å². The number of nitrogens with zero attached hydrogens (tertiary/aromatic N) is 2. The molecule has 0 amide bonds. The maximum atomic E-state index is 12.2. The molecule has 0 aromatic carbocycles. The lowest BCUT2D eigenvalue weighted by Gasteiger charge is -2.31. The zero-order chi connectivity index (χ0) is 13.4. The summed E-state index contributed by atoms with van der Waals surface area (Å²) in [4.78, 5) is 9.55. The highest BCUT2D eigenvalue weighted by Gasteiger charge is 2.52. The molecule has 1 N–H and O–H groups in total. The monoisotopic (exact) mass is 316 g/mol. The third-order valence-corrected chi connectivity index (χ3v) is 8.14. The van der Waals surface area contributed by atoms with Crippen molar-refractivity contribution in [2.75, 3.05) is 14.1 Å². The van der Waals surface area contributed by atoms with E-state index in [2.05, 4.69) is 24.0 Å². The molecule has 0 saturated carbocycles. The van der Waals surface area contributed by atoms with Gasteiger partial charge in [0.2, 0.25) is 6.57 Å². The number of halogens is 3. The molecule has 0 heterocycles. The topological polar surface area (TPSA) is 60.9 Å². The van der Waals surface area contributed by atoms with Crippen LogP contribution in [0.2, 0.25) is 0 Å². The molecule has 5 nitrogen and oxygen atoms in total. The van der Waals surface area contributed by atoms with Crippen molar-refractivity contribution < 1.29 is 26.5 Å². The maximum absolute atomic E-state index is 12.2. The minimum Gasteiger partial charge on any atom is -0.338 e. The molecule has 96 valence electrons. The first-order valence-corrected chi connectivity index (χ1v) is 8.03. The van der Waals surface area contributed by atoms with Crippen LogP contribution in [0.5, 0.6) is 0 Å². The van der Waals surface area contributed by atoms with E-state index in [0.717, 1.165) is 12.5 Å². The van der Waals surface area contributed by atoms with E-state index in [-0.39, 0.29) is 4.08 Å². The van der Waals surface area contributed by atoms with Crippen LogP contribution in [0, 0.1) is 0 Å². The lowest BCUT2D eigenvalue weighted by atomic mass is 11.3. The van der Waals surface area contributed by atoms with E-state index in [9.17, 15) is 26.5 Å². The van der Waals surface area contributed by atoms with Gasteiger partial charge in [0.15, 0.2) is 0 Å². The highest BCUT2D eigenvalue weighted by Crippen LogP contribution is 2.50. The molecule has 0 aliphatic rings. The van der Waals surface area contributed by atoms with Crippen molar-refractivity contribution in [1.29, 1.82) is 0 Å². The first-order valence-electron chi connectivity index (χ1n) is 3.46. The van der Waals surface area contributed by atoms with Gasteiger partial charge in [0, 0.05) is 14.1 Å². The van der Waals surface area contributed by atoms with Gasteiger partial charge in [-0.3, -0.25) is 0 Å². The third kappa shape index (κ3) is 2.90. The fraction of sp³-hybridized carbons (Fsp3) is 0.750. The summed E-state index contributed by atoms with van der Waals surface area (Å²) >= 11 is 8.80. The summed E-state index contributed by atoms with van der Waals surface area (Å²) in [6.45, 7) is -4.06. The molecule has 0 aromatic rings. The molecular weight excluding hydrogens is 308 g/mol. The van der Waals surface area contributed by atoms with Crippen molar-refractivity contribution >= 4 is 46.1 Å². The van der Waals surface area contributed by atoms with Gasteiger partial charge in [0.05, 0.1) is 5.49 Å². The Bertz CT molecular complexity index is 422. The molecule has 12 heteroatoms. The highest BCUT2D eigenvalue weighted by molar-refractivity contribution is 8.14. The van der Waals surface area contributed by atoms with Crippen LogP contribution in [0.4, 0.5) is 13.2 Å². The number of hydrogen-bond acceptors (Lipinski definition) is 4. The summed E-state index contributed by atoms with van der Waals surface area (Å²) in [5, 5.41) is 0. The number of thiocarbonyl (C=S) groups is 1. The molecule has 0 radical (unpaired) electrons. The molecular formula is C4H8F3N2O3PS3. The lowest BCUT2D eigenvalue weighted by molar-refractivity contribution is -0.0466. The van der Waals surface area contributed by atoms with E-state index in [1.54, 1.807) is 0 Å². The average molecular weight is 316 g/mol. The van der Waals surface area contributed by atoms with Crippen molar-refractivity contribution in [3.8, 4) is 0 Å². The highest BCUT2D eigenvalue weighted by atomic mass is 32.5. The van der Waals surface area contributed by atoms with E-state index in [1.165, 1.54) is 0 Å². The Morgan fingerprint density at radius 3 is 2.00 bits per heavy atom. The normalized spacial score (nSPS) is 16.9. The van der Waals surface area contributed by atoms with E-state index < -0.39 is 22.1 Å². The second-order valence-electron chi connectivity index (χ2n) is 2.58. The van der Waals surface area contributed by atoms with Gasteiger partial charge in [-0.15, -0.1) is 4.08 Å². The van der Waals surface area contributed by atoms with Crippen molar-refractivity contribution in [2.45, 2.75) is 5.51 Å². The van der Waals surface area contributed by atoms with Gasteiger partial charge in [-0.1, -0.05) is 12.2 Å². The quantitative estimate of drug-likeness (QED) is 0.613. The molecule has 0 spiro atoms. The van der Waals surface area contributed by atoms with E-state index >= 15 is 0 Å². The molecule has 1 unspecified atom stereocenters. The molecule has 16 heavy (non-hydrogen) atoms. The number of alkyl halides is 3. The van der Waals surface area contributed by atoms with Gasteiger partial charge < -0.3 is 9.56 Å². The van der Waals surface area contributed by atoms with Crippen LogP contribution in [-0.2, 0) is 21.8 Å². The molecule has 1 atom stereocenters. The van der Waals surface area contributed by atoms with Crippen molar-refractivity contribution in [3.05, 3.63) is 0 Å². The summed E-state index contributed by atoms with van der Waals surface area (Å²) < 4.78 is 58.8. The van der Waals surface area contributed by atoms with Crippen LogP contribution in [-0.4, -0.2) is 47.2 Å². The Kier molecular flexibility index (Phi) is 4.89. The van der Waals surface area contributed by atoms with Gasteiger partial charge in [0.1, 0.15) is 0 Å². The van der Waals surface area contributed by atoms with Crippen LogP contribution in [0.25, 0.3) is 0 Å². The largest absolute Gasteiger partial charge is 0.512 e. The minimum atomic E-state index is -5.67. The first-order chi connectivity index (χ1) is 6.89.